The van der Waals surface area contributed by atoms with Crippen molar-refractivity contribution >= 4 is 5.69 Å². The number of hydrogen-bond donors (Lipinski definition) is 1. The number of nitrogens with one attached hydrogen (secondary N) is 1. The molecular weight excluding hydrogens is 244 g/mol. The first-order chi connectivity index (χ1) is 9.17. The molecular formula is C18H32N2. The van der Waals surface area contributed by atoms with Crippen LogP contribution < -0.4 is 10.2 Å². The highest BCUT2D eigenvalue weighted by Crippen LogP contribution is 2.26. The Morgan fingerprint density at radius 2 is 1.70 bits per heavy atom. The molecule has 0 fully saturated rings. The normalized spacial score (nSPS) is 14.9. The van der Waals surface area contributed by atoms with Crippen molar-refractivity contribution in [2.24, 2.45) is 5.41 Å². The van der Waals surface area contributed by atoms with Crippen molar-refractivity contribution in [1.29, 1.82) is 0 Å². The third kappa shape index (κ3) is 5.16. The zero-order chi connectivity index (χ0) is 15.4. The van der Waals surface area contributed by atoms with Gasteiger partial charge in [0.1, 0.15) is 0 Å². The van der Waals surface area contributed by atoms with E-state index in [1.54, 1.807) is 0 Å². The number of benzene rings is 1. The van der Waals surface area contributed by atoms with Gasteiger partial charge in [0.05, 0.1) is 0 Å². The Morgan fingerprint density at radius 1 is 1.10 bits per heavy atom. The number of aryl methyl sites for hydroxylation is 1. The van der Waals surface area contributed by atoms with Crippen LogP contribution in [0.5, 0.6) is 0 Å². The van der Waals surface area contributed by atoms with Crippen LogP contribution in [0.2, 0.25) is 0 Å². The fraction of sp³-hybridized carbons (Fsp3) is 0.667. The summed E-state index contributed by atoms with van der Waals surface area (Å²) in [7, 11) is 2.20. The molecule has 0 saturated heterocycles. The maximum Gasteiger partial charge on any atom is 0.0393 e. The van der Waals surface area contributed by atoms with E-state index in [4.69, 9.17) is 0 Å². The van der Waals surface area contributed by atoms with E-state index < -0.39 is 0 Å². The van der Waals surface area contributed by atoms with Gasteiger partial charge in [-0.1, -0.05) is 32.0 Å². The van der Waals surface area contributed by atoms with Crippen LogP contribution in [-0.2, 0) is 0 Å². The quantitative estimate of drug-likeness (QED) is 0.836. The summed E-state index contributed by atoms with van der Waals surface area (Å²) in [5.74, 6) is 0. The molecule has 1 rings (SSSR count). The van der Waals surface area contributed by atoms with Gasteiger partial charge in [0.15, 0.2) is 0 Å². The minimum Gasteiger partial charge on any atom is -0.374 e. The number of nitrogens with zero attached hydrogens (tertiary/aromatic N) is 1. The largest absolute Gasteiger partial charge is 0.374 e. The highest BCUT2D eigenvalue weighted by atomic mass is 15.1. The second-order valence-corrected chi connectivity index (χ2v) is 7.41. The summed E-state index contributed by atoms with van der Waals surface area (Å²) in [5, 5.41) is 3.66. The molecule has 0 aromatic heterocycles. The summed E-state index contributed by atoms with van der Waals surface area (Å²) in [5.41, 5.74) is 3.14. The molecule has 0 aliphatic rings. The molecule has 1 aromatic rings. The first kappa shape index (κ1) is 17.0. The van der Waals surface area contributed by atoms with Crippen LogP contribution in [-0.4, -0.2) is 25.7 Å². The Kier molecular flexibility index (Phi) is 5.64. The molecule has 20 heavy (non-hydrogen) atoms. The van der Waals surface area contributed by atoms with Crippen LogP contribution in [0.4, 0.5) is 5.69 Å². The zero-order valence-electron chi connectivity index (χ0n) is 14.4. The van der Waals surface area contributed by atoms with Crippen LogP contribution >= 0.6 is 0 Å². The molecule has 1 N–H and O–H groups in total. The van der Waals surface area contributed by atoms with Gasteiger partial charge in [-0.05, 0) is 51.2 Å². The van der Waals surface area contributed by atoms with Crippen LogP contribution in [0.15, 0.2) is 24.3 Å². The Hall–Kier alpha value is -1.02. The van der Waals surface area contributed by atoms with Gasteiger partial charge in [-0.3, -0.25) is 0 Å². The number of para-hydroxylation sites is 1. The molecule has 0 aliphatic carbocycles. The first-order valence-electron chi connectivity index (χ1n) is 7.69. The van der Waals surface area contributed by atoms with Gasteiger partial charge < -0.3 is 10.2 Å². The predicted molar refractivity (Wildman–Crippen MR) is 90.6 cm³/mol. The molecule has 1 aromatic carbocycles. The van der Waals surface area contributed by atoms with Gasteiger partial charge in [0.25, 0.3) is 0 Å². The molecule has 1 unspecified atom stereocenters. The lowest BCUT2D eigenvalue weighted by Gasteiger charge is -2.37. The lowest BCUT2D eigenvalue weighted by Crippen LogP contribution is -2.46. The summed E-state index contributed by atoms with van der Waals surface area (Å²) >= 11 is 0. The summed E-state index contributed by atoms with van der Waals surface area (Å²) < 4.78 is 0. The maximum absolute atomic E-state index is 3.66. The second-order valence-electron chi connectivity index (χ2n) is 7.41. The number of anilines is 1. The van der Waals surface area contributed by atoms with Crippen molar-refractivity contribution in [3.8, 4) is 0 Å². The van der Waals surface area contributed by atoms with E-state index >= 15 is 0 Å². The average molecular weight is 276 g/mol. The highest BCUT2D eigenvalue weighted by molar-refractivity contribution is 5.52. The third-order valence-corrected chi connectivity index (χ3v) is 4.04. The van der Waals surface area contributed by atoms with E-state index in [1.807, 2.05) is 0 Å². The average Bonchev–Trinajstić information content (AvgIpc) is 2.36. The lowest BCUT2D eigenvalue weighted by molar-refractivity contribution is 0.262. The fourth-order valence-corrected chi connectivity index (χ4v) is 2.42. The van der Waals surface area contributed by atoms with Crippen molar-refractivity contribution in [1.82, 2.24) is 5.32 Å². The minimum absolute atomic E-state index is 0.178. The smallest absolute Gasteiger partial charge is 0.0393 e. The molecule has 0 saturated carbocycles. The van der Waals surface area contributed by atoms with E-state index in [2.05, 4.69) is 83.1 Å². The van der Waals surface area contributed by atoms with Gasteiger partial charge in [0.2, 0.25) is 0 Å². The summed E-state index contributed by atoms with van der Waals surface area (Å²) in [6.45, 7) is 15.6. The van der Waals surface area contributed by atoms with Crippen molar-refractivity contribution in [3.05, 3.63) is 29.8 Å². The number of rotatable bonds is 6. The van der Waals surface area contributed by atoms with Gasteiger partial charge in [-0.25, -0.2) is 0 Å². The van der Waals surface area contributed by atoms with E-state index in [1.165, 1.54) is 17.7 Å². The van der Waals surface area contributed by atoms with Gasteiger partial charge in [-0.2, -0.15) is 0 Å². The van der Waals surface area contributed by atoms with E-state index in [0.717, 1.165) is 13.1 Å². The molecule has 114 valence electrons. The Bertz CT molecular complexity index is 420. The van der Waals surface area contributed by atoms with Gasteiger partial charge >= 0.3 is 0 Å². The second kappa shape index (κ2) is 6.62. The third-order valence-electron chi connectivity index (χ3n) is 4.04. The Balaban J connectivity index is 2.74. The fourth-order valence-electron chi connectivity index (χ4n) is 2.42. The zero-order valence-corrected chi connectivity index (χ0v) is 14.4. The van der Waals surface area contributed by atoms with E-state index in [9.17, 15) is 0 Å². The summed E-state index contributed by atoms with van der Waals surface area (Å²) in [6, 6.07) is 8.62. The van der Waals surface area contributed by atoms with Crippen LogP contribution in [0.1, 0.15) is 46.6 Å². The maximum atomic E-state index is 3.66. The van der Waals surface area contributed by atoms with Crippen molar-refractivity contribution in [2.75, 3.05) is 25.0 Å². The minimum atomic E-state index is 0.178. The van der Waals surface area contributed by atoms with E-state index in [-0.39, 0.29) is 11.0 Å². The van der Waals surface area contributed by atoms with Crippen molar-refractivity contribution in [3.63, 3.8) is 0 Å². The van der Waals surface area contributed by atoms with Crippen LogP contribution in [0.3, 0.4) is 0 Å². The standard InChI is InChI=1S/C18H32N2/c1-8-18(6,13-19-17(3,4)5)14-20(7)16-12-10-9-11-15(16)2/h9-12,19H,8,13-14H2,1-7H3. The summed E-state index contributed by atoms with van der Waals surface area (Å²) in [6.07, 6.45) is 1.17. The first-order valence-corrected chi connectivity index (χ1v) is 7.69. The van der Waals surface area contributed by atoms with Gasteiger partial charge in [-0.15, -0.1) is 0 Å². The van der Waals surface area contributed by atoms with Crippen molar-refractivity contribution < 1.29 is 0 Å². The molecule has 2 heteroatoms. The topological polar surface area (TPSA) is 15.3 Å². The van der Waals surface area contributed by atoms with Crippen molar-refractivity contribution in [2.45, 2.75) is 53.5 Å². The van der Waals surface area contributed by atoms with E-state index in [0.29, 0.717) is 0 Å². The Labute approximate surface area is 125 Å². The molecule has 0 radical (unpaired) electrons. The van der Waals surface area contributed by atoms with Crippen LogP contribution in [0, 0.1) is 12.3 Å². The molecule has 2 nitrogen and oxygen atoms in total. The summed E-state index contributed by atoms with van der Waals surface area (Å²) in [4.78, 5) is 2.39. The molecule has 0 aliphatic heterocycles. The van der Waals surface area contributed by atoms with Gasteiger partial charge in [0, 0.05) is 31.4 Å². The monoisotopic (exact) mass is 276 g/mol. The molecule has 0 bridgehead atoms. The molecule has 0 amide bonds. The predicted octanol–water partition coefficient (Wildman–Crippen LogP) is 4.24. The molecule has 0 spiro atoms. The molecule has 1 atom stereocenters. The molecule has 0 heterocycles. The highest BCUT2D eigenvalue weighted by Gasteiger charge is 2.26. The number of hydrogen-bond acceptors (Lipinski definition) is 2. The Morgan fingerprint density at radius 3 is 2.20 bits per heavy atom. The SMILES string of the molecule is CCC(C)(CNC(C)(C)C)CN(C)c1ccccc1C. The van der Waals surface area contributed by atoms with Crippen LogP contribution in [0.25, 0.3) is 0 Å². The lowest BCUT2D eigenvalue weighted by atomic mass is 9.85.